The third kappa shape index (κ3) is 2.15. The Morgan fingerprint density at radius 1 is 1.30 bits per heavy atom. The zero-order valence-corrected chi connectivity index (χ0v) is 10.8. The van der Waals surface area contributed by atoms with Crippen molar-refractivity contribution in [1.82, 2.24) is 15.4 Å². The van der Waals surface area contributed by atoms with E-state index in [0.29, 0.717) is 16.8 Å². The third-order valence-electron chi connectivity index (χ3n) is 3.06. The molecule has 3 rings (SSSR count). The highest BCUT2D eigenvalue weighted by Gasteiger charge is 2.20. The molecule has 0 radical (unpaired) electrons. The highest BCUT2D eigenvalue weighted by atomic mass is 19.1. The predicted molar refractivity (Wildman–Crippen MR) is 72.1 cm³/mol. The van der Waals surface area contributed by atoms with Crippen LogP contribution in [0.5, 0.6) is 0 Å². The quantitative estimate of drug-likeness (QED) is 0.564. The number of furan rings is 1. The minimum atomic E-state index is -0.477. The van der Waals surface area contributed by atoms with Crippen LogP contribution in [0.4, 0.5) is 4.39 Å². The van der Waals surface area contributed by atoms with Gasteiger partial charge >= 0.3 is 0 Å². The van der Waals surface area contributed by atoms with Crippen LogP contribution in [-0.2, 0) is 0 Å². The fourth-order valence-electron chi connectivity index (χ4n) is 2.05. The summed E-state index contributed by atoms with van der Waals surface area (Å²) in [5.41, 5.74) is 4.24. The van der Waals surface area contributed by atoms with Crippen LogP contribution in [0.1, 0.15) is 23.2 Å². The molecular weight excluding hydrogens is 259 g/mol. The Morgan fingerprint density at radius 3 is 2.80 bits per heavy atom. The van der Waals surface area contributed by atoms with E-state index in [9.17, 15) is 4.39 Å². The average molecular weight is 272 g/mol. The average Bonchev–Trinajstić information content (AvgIpc) is 2.87. The minimum absolute atomic E-state index is 0.211. The molecule has 0 fully saturated rings. The number of benzene rings is 1. The molecule has 20 heavy (non-hydrogen) atoms. The van der Waals surface area contributed by atoms with E-state index in [0.717, 1.165) is 5.69 Å². The smallest absolute Gasteiger partial charge is 0.169 e. The van der Waals surface area contributed by atoms with Crippen LogP contribution in [0.15, 0.2) is 41.1 Å². The van der Waals surface area contributed by atoms with Gasteiger partial charge in [-0.05, 0) is 19.1 Å². The lowest BCUT2D eigenvalue weighted by atomic mass is 10.1. The number of aromatic nitrogens is 2. The van der Waals surface area contributed by atoms with Crippen molar-refractivity contribution in [3.8, 4) is 0 Å². The van der Waals surface area contributed by atoms with Gasteiger partial charge in [-0.2, -0.15) is 0 Å². The highest BCUT2D eigenvalue weighted by molar-refractivity contribution is 5.78. The highest BCUT2D eigenvalue weighted by Crippen LogP contribution is 2.28. The van der Waals surface area contributed by atoms with Crippen molar-refractivity contribution in [2.45, 2.75) is 13.0 Å². The summed E-state index contributed by atoms with van der Waals surface area (Å²) >= 11 is 0. The summed E-state index contributed by atoms with van der Waals surface area (Å²) in [5, 5.41) is 0.681. The standard InChI is InChI=1S/C14H13FN4O/c1-8-6-18-11(7-17-8)13(19-16)12-5-9-3-2-4-10(15)14(9)20-12/h2-7,13,19H,16H2,1H3. The normalized spacial score (nSPS) is 12.8. The second-order valence-corrected chi connectivity index (χ2v) is 4.49. The van der Waals surface area contributed by atoms with Gasteiger partial charge in [0.2, 0.25) is 0 Å². The molecule has 0 amide bonds. The molecule has 6 heteroatoms. The molecule has 0 saturated carbocycles. The zero-order valence-electron chi connectivity index (χ0n) is 10.8. The van der Waals surface area contributed by atoms with Crippen LogP contribution >= 0.6 is 0 Å². The maximum Gasteiger partial charge on any atom is 0.169 e. The lowest BCUT2D eigenvalue weighted by molar-refractivity contribution is 0.459. The van der Waals surface area contributed by atoms with E-state index in [2.05, 4.69) is 15.4 Å². The number of nitrogens with two attached hydrogens (primary N) is 1. The van der Waals surface area contributed by atoms with Gasteiger partial charge < -0.3 is 4.42 Å². The molecule has 1 aromatic carbocycles. The number of hydrogen-bond acceptors (Lipinski definition) is 5. The Hall–Kier alpha value is -2.31. The van der Waals surface area contributed by atoms with Gasteiger partial charge in [0, 0.05) is 11.6 Å². The van der Waals surface area contributed by atoms with Crippen molar-refractivity contribution < 1.29 is 8.81 Å². The Balaban J connectivity index is 2.07. The van der Waals surface area contributed by atoms with Gasteiger partial charge in [0.25, 0.3) is 0 Å². The lowest BCUT2D eigenvalue weighted by Crippen LogP contribution is -2.29. The van der Waals surface area contributed by atoms with Crippen LogP contribution in [0.25, 0.3) is 11.0 Å². The van der Waals surface area contributed by atoms with Gasteiger partial charge in [-0.3, -0.25) is 15.8 Å². The summed E-state index contributed by atoms with van der Waals surface area (Å²) in [7, 11) is 0. The Bertz CT molecular complexity index is 739. The number of nitrogens with one attached hydrogen (secondary N) is 1. The molecule has 0 saturated heterocycles. The molecule has 1 unspecified atom stereocenters. The van der Waals surface area contributed by atoms with Gasteiger partial charge in [0.1, 0.15) is 11.8 Å². The largest absolute Gasteiger partial charge is 0.456 e. The van der Waals surface area contributed by atoms with Crippen molar-refractivity contribution in [3.05, 3.63) is 59.6 Å². The van der Waals surface area contributed by atoms with E-state index in [-0.39, 0.29) is 5.58 Å². The number of para-hydroxylation sites is 1. The number of rotatable bonds is 3. The molecule has 102 valence electrons. The molecule has 0 bridgehead atoms. The van der Waals surface area contributed by atoms with Crippen molar-refractivity contribution in [3.63, 3.8) is 0 Å². The number of hydrazine groups is 1. The van der Waals surface area contributed by atoms with Gasteiger partial charge in [-0.1, -0.05) is 12.1 Å². The zero-order chi connectivity index (χ0) is 14.1. The molecule has 3 aromatic rings. The fourth-order valence-corrected chi connectivity index (χ4v) is 2.05. The molecule has 1 atom stereocenters. The summed E-state index contributed by atoms with van der Waals surface area (Å²) in [6.45, 7) is 1.85. The first kappa shape index (κ1) is 12.7. The molecule has 0 aliphatic carbocycles. The first-order valence-corrected chi connectivity index (χ1v) is 6.11. The molecule has 2 aromatic heterocycles. The summed E-state index contributed by atoms with van der Waals surface area (Å²) in [6.07, 6.45) is 3.26. The van der Waals surface area contributed by atoms with Gasteiger partial charge in [-0.15, -0.1) is 0 Å². The summed E-state index contributed by atoms with van der Waals surface area (Å²) in [5.74, 6) is 5.65. The van der Waals surface area contributed by atoms with Crippen LogP contribution in [0, 0.1) is 12.7 Å². The summed E-state index contributed by atoms with van der Waals surface area (Å²) < 4.78 is 19.2. The Labute approximate surface area is 114 Å². The number of nitrogens with zero attached hydrogens (tertiary/aromatic N) is 2. The molecular formula is C14H13FN4O. The maximum atomic E-state index is 13.6. The second kappa shape index (κ2) is 4.99. The third-order valence-corrected chi connectivity index (χ3v) is 3.06. The van der Waals surface area contributed by atoms with E-state index in [4.69, 9.17) is 10.3 Å². The summed E-state index contributed by atoms with van der Waals surface area (Å²) in [4.78, 5) is 8.43. The predicted octanol–water partition coefficient (Wildman–Crippen LogP) is 2.22. The van der Waals surface area contributed by atoms with Crippen LogP contribution in [-0.4, -0.2) is 9.97 Å². The number of hydrogen-bond donors (Lipinski definition) is 2. The van der Waals surface area contributed by atoms with E-state index < -0.39 is 11.9 Å². The Morgan fingerprint density at radius 2 is 2.15 bits per heavy atom. The van der Waals surface area contributed by atoms with E-state index in [1.807, 2.05) is 6.92 Å². The van der Waals surface area contributed by atoms with E-state index >= 15 is 0 Å². The molecule has 5 nitrogen and oxygen atoms in total. The lowest BCUT2D eigenvalue weighted by Gasteiger charge is -2.12. The van der Waals surface area contributed by atoms with Crippen molar-refractivity contribution in [1.29, 1.82) is 0 Å². The van der Waals surface area contributed by atoms with Gasteiger partial charge in [-0.25, -0.2) is 9.82 Å². The molecule has 0 spiro atoms. The first-order chi connectivity index (χ1) is 9.69. The SMILES string of the molecule is Cc1cnc(C(NN)c2cc3cccc(F)c3o2)cn1. The second-order valence-electron chi connectivity index (χ2n) is 4.49. The van der Waals surface area contributed by atoms with E-state index in [1.165, 1.54) is 6.07 Å². The Kier molecular flexibility index (Phi) is 3.17. The number of halogens is 1. The van der Waals surface area contributed by atoms with Crippen LogP contribution in [0.3, 0.4) is 0 Å². The maximum absolute atomic E-state index is 13.6. The molecule has 3 N–H and O–H groups in total. The monoisotopic (exact) mass is 272 g/mol. The van der Waals surface area contributed by atoms with Crippen LogP contribution in [0.2, 0.25) is 0 Å². The first-order valence-electron chi connectivity index (χ1n) is 6.11. The fraction of sp³-hybridized carbons (Fsp3) is 0.143. The van der Waals surface area contributed by atoms with Crippen molar-refractivity contribution in [2.24, 2.45) is 5.84 Å². The van der Waals surface area contributed by atoms with Crippen LogP contribution < -0.4 is 11.3 Å². The minimum Gasteiger partial charge on any atom is -0.456 e. The van der Waals surface area contributed by atoms with Gasteiger partial charge in [0.15, 0.2) is 11.4 Å². The molecule has 2 heterocycles. The van der Waals surface area contributed by atoms with Crippen molar-refractivity contribution >= 4 is 11.0 Å². The molecule has 0 aliphatic heterocycles. The summed E-state index contributed by atoms with van der Waals surface area (Å²) in [6, 6.07) is 6.03. The number of fused-ring (bicyclic) bond motifs is 1. The van der Waals surface area contributed by atoms with E-state index in [1.54, 1.807) is 30.6 Å². The number of aryl methyl sites for hydroxylation is 1. The molecule has 0 aliphatic rings. The van der Waals surface area contributed by atoms with Crippen molar-refractivity contribution in [2.75, 3.05) is 0 Å². The topological polar surface area (TPSA) is 77.0 Å². The van der Waals surface area contributed by atoms with Gasteiger partial charge in [0.05, 0.1) is 17.6 Å².